The maximum absolute atomic E-state index is 11.4. The summed E-state index contributed by atoms with van der Waals surface area (Å²) in [6.07, 6.45) is 1.60. The minimum atomic E-state index is -0.490. The molecule has 1 heterocycles. The molecule has 1 atom stereocenters. The van der Waals surface area contributed by atoms with Gasteiger partial charge in [-0.15, -0.1) is 0 Å². The van der Waals surface area contributed by atoms with Gasteiger partial charge in [-0.1, -0.05) is 6.92 Å². The van der Waals surface area contributed by atoms with Gasteiger partial charge in [0.25, 0.3) is 5.69 Å². The van der Waals surface area contributed by atoms with E-state index in [9.17, 15) is 19.9 Å². The van der Waals surface area contributed by atoms with Crippen LogP contribution in [0.25, 0.3) is 0 Å². The van der Waals surface area contributed by atoms with Crippen molar-refractivity contribution in [1.29, 1.82) is 0 Å². The number of carbonyl (C=O) groups is 1. The number of esters is 1. The fraction of sp³-hybridized carbons (Fsp3) is 0.611. The zero-order valence-corrected chi connectivity index (χ0v) is 16.5. The van der Waals surface area contributed by atoms with Crippen LogP contribution in [0, 0.1) is 16.0 Å². The first kappa shape index (κ1) is 22.0. The second kappa shape index (κ2) is 10.3. The summed E-state index contributed by atoms with van der Waals surface area (Å²) in [5.74, 6) is 0.264. The molecule has 0 bridgehead atoms. The number of hydrogen-bond donors (Lipinski definition) is 1. The molecular weight excluding hydrogens is 367 g/mol. The number of benzene rings is 1. The Morgan fingerprint density at radius 1 is 1.39 bits per heavy atom. The molecule has 1 N–H and O–H groups in total. The SMILES string of the molecule is COC(=O)CC(C)COc1cc([N+](=O)[O-])ccc1OC1CCN(B(C)O)CC1. The van der Waals surface area contributed by atoms with Crippen molar-refractivity contribution in [3.05, 3.63) is 28.3 Å². The van der Waals surface area contributed by atoms with E-state index in [-0.39, 0.29) is 42.5 Å². The summed E-state index contributed by atoms with van der Waals surface area (Å²) in [5, 5.41) is 20.7. The molecule has 0 aliphatic carbocycles. The molecule has 1 saturated heterocycles. The first-order valence-corrected chi connectivity index (χ1v) is 9.37. The van der Waals surface area contributed by atoms with Crippen LogP contribution in [0.5, 0.6) is 11.5 Å². The van der Waals surface area contributed by atoms with E-state index in [1.54, 1.807) is 12.9 Å². The van der Waals surface area contributed by atoms with Gasteiger partial charge in [0.1, 0.15) is 6.10 Å². The molecule has 1 aromatic rings. The van der Waals surface area contributed by atoms with Crippen LogP contribution < -0.4 is 9.47 Å². The Morgan fingerprint density at radius 2 is 2.07 bits per heavy atom. The molecule has 2 rings (SSSR count). The van der Waals surface area contributed by atoms with Gasteiger partial charge >= 0.3 is 13.0 Å². The molecule has 0 radical (unpaired) electrons. The molecule has 1 unspecified atom stereocenters. The number of nitro benzene ring substituents is 1. The fourth-order valence-corrected chi connectivity index (χ4v) is 3.03. The highest BCUT2D eigenvalue weighted by Crippen LogP contribution is 2.34. The van der Waals surface area contributed by atoms with Crippen LogP contribution in [-0.2, 0) is 9.53 Å². The van der Waals surface area contributed by atoms with E-state index in [0.717, 1.165) is 12.8 Å². The highest BCUT2D eigenvalue weighted by Gasteiger charge is 2.26. The Balaban J connectivity index is 2.04. The van der Waals surface area contributed by atoms with Crippen LogP contribution in [-0.4, -0.2) is 60.7 Å². The largest absolute Gasteiger partial charge is 0.489 e. The lowest BCUT2D eigenvalue weighted by Crippen LogP contribution is -2.45. The highest BCUT2D eigenvalue weighted by molar-refractivity contribution is 6.45. The van der Waals surface area contributed by atoms with E-state index in [4.69, 9.17) is 9.47 Å². The Morgan fingerprint density at radius 3 is 2.64 bits per heavy atom. The summed E-state index contributed by atoms with van der Waals surface area (Å²) < 4.78 is 16.4. The van der Waals surface area contributed by atoms with Crippen LogP contribution in [0.1, 0.15) is 26.2 Å². The lowest BCUT2D eigenvalue weighted by Gasteiger charge is -2.33. The van der Waals surface area contributed by atoms with Gasteiger partial charge in [-0.2, -0.15) is 0 Å². The molecule has 10 heteroatoms. The predicted molar refractivity (Wildman–Crippen MR) is 103 cm³/mol. The summed E-state index contributed by atoms with van der Waals surface area (Å²) in [4.78, 5) is 23.9. The average molecular weight is 394 g/mol. The fourth-order valence-electron chi connectivity index (χ4n) is 3.03. The van der Waals surface area contributed by atoms with Crippen molar-refractivity contribution < 1.29 is 29.0 Å². The molecule has 28 heavy (non-hydrogen) atoms. The van der Waals surface area contributed by atoms with Crippen LogP contribution in [0.3, 0.4) is 0 Å². The third-order valence-corrected chi connectivity index (χ3v) is 4.70. The lowest BCUT2D eigenvalue weighted by atomic mass is 9.82. The monoisotopic (exact) mass is 394 g/mol. The number of nitrogens with zero attached hydrogens (tertiary/aromatic N) is 2. The third kappa shape index (κ3) is 6.38. The quantitative estimate of drug-likeness (QED) is 0.294. The van der Waals surface area contributed by atoms with E-state index in [1.807, 2.05) is 11.7 Å². The first-order valence-electron chi connectivity index (χ1n) is 9.37. The van der Waals surface area contributed by atoms with E-state index >= 15 is 0 Å². The summed E-state index contributed by atoms with van der Waals surface area (Å²) in [6.45, 7) is 5.19. The molecular formula is C18H27BN2O7. The van der Waals surface area contributed by atoms with Gasteiger partial charge < -0.3 is 24.0 Å². The zero-order chi connectivity index (χ0) is 20.7. The number of rotatable bonds is 9. The molecule has 1 aromatic carbocycles. The molecule has 0 spiro atoms. The first-order chi connectivity index (χ1) is 13.3. The smallest absolute Gasteiger partial charge is 0.376 e. The topological polar surface area (TPSA) is 111 Å². The third-order valence-electron chi connectivity index (χ3n) is 4.70. The van der Waals surface area contributed by atoms with E-state index in [1.165, 1.54) is 19.2 Å². The number of ether oxygens (including phenoxy) is 3. The predicted octanol–water partition coefficient (Wildman–Crippen LogP) is 2.13. The van der Waals surface area contributed by atoms with Crippen LogP contribution in [0.15, 0.2) is 18.2 Å². The Kier molecular flexibility index (Phi) is 8.07. The lowest BCUT2D eigenvalue weighted by molar-refractivity contribution is -0.385. The van der Waals surface area contributed by atoms with Gasteiger partial charge in [0.2, 0.25) is 0 Å². The number of non-ortho nitro benzene ring substituents is 1. The summed E-state index contributed by atoms with van der Waals surface area (Å²) in [5.41, 5.74) is -0.0908. The minimum absolute atomic E-state index is 0.0636. The van der Waals surface area contributed by atoms with Gasteiger partial charge in [0.05, 0.1) is 31.1 Å². The molecule has 9 nitrogen and oxygen atoms in total. The van der Waals surface area contributed by atoms with Gasteiger partial charge in [-0.25, -0.2) is 0 Å². The average Bonchev–Trinajstić information content (AvgIpc) is 2.67. The Bertz CT molecular complexity index is 678. The van der Waals surface area contributed by atoms with Crippen LogP contribution in [0.2, 0.25) is 6.82 Å². The summed E-state index contributed by atoms with van der Waals surface area (Å²) >= 11 is 0. The maximum Gasteiger partial charge on any atom is 0.376 e. The van der Waals surface area contributed by atoms with Crippen LogP contribution >= 0.6 is 0 Å². The molecule has 0 saturated carbocycles. The second-order valence-electron chi connectivity index (χ2n) is 7.07. The minimum Gasteiger partial charge on any atom is -0.489 e. The van der Waals surface area contributed by atoms with Crippen molar-refractivity contribution in [3.63, 3.8) is 0 Å². The van der Waals surface area contributed by atoms with Gasteiger partial charge in [-0.05, 0) is 38.8 Å². The molecule has 1 fully saturated rings. The molecule has 154 valence electrons. The van der Waals surface area contributed by atoms with Crippen molar-refractivity contribution in [2.75, 3.05) is 26.8 Å². The maximum atomic E-state index is 11.4. The number of carbonyl (C=O) groups excluding carboxylic acids is 1. The highest BCUT2D eigenvalue weighted by atomic mass is 16.6. The standard InChI is InChI=1S/C18H27BN2O7/c1-13(10-18(22)26-3)12-27-17-11-14(21(24)25)4-5-16(17)28-15-6-8-20(9-7-15)19(2)23/h4-5,11,13,15,23H,6-10,12H2,1-3H3. The van der Waals surface area contributed by atoms with Crippen LogP contribution in [0.4, 0.5) is 5.69 Å². The van der Waals surface area contributed by atoms with E-state index in [2.05, 4.69) is 4.74 Å². The zero-order valence-electron chi connectivity index (χ0n) is 16.5. The molecule has 0 amide bonds. The summed E-state index contributed by atoms with van der Waals surface area (Å²) in [6, 6.07) is 4.26. The van der Waals surface area contributed by atoms with Crippen molar-refractivity contribution >= 4 is 18.7 Å². The van der Waals surface area contributed by atoms with Crippen molar-refractivity contribution in [1.82, 2.24) is 4.81 Å². The second-order valence-corrected chi connectivity index (χ2v) is 7.07. The van der Waals surface area contributed by atoms with Gasteiger partial charge in [-0.3, -0.25) is 14.9 Å². The molecule has 0 aromatic heterocycles. The van der Waals surface area contributed by atoms with Gasteiger partial charge in [0.15, 0.2) is 11.5 Å². The normalized spacial score (nSPS) is 16.3. The summed E-state index contributed by atoms with van der Waals surface area (Å²) in [7, 11) is 0.834. The van der Waals surface area contributed by atoms with Gasteiger partial charge in [0, 0.05) is 12.0 Å². The van der Waals surface area contributed by atoms with E-state index < -0.39 is 12.0 Å². The Labute approximate surface area is 164 Å². The van der Waals surface area contributed by atoms with Crippen molar-refractivity contribution in [3.8, 4) is 11.5 Å². The number of nitro groups is 1. The van der Waals surface area contributed by atoms with Crippen molar-refractivity contribution in [2.45, 2.75) is 39.1 Å². The Hall–Kier alpha value is -2.33. The number of methoxy groups -OCH3 is 1. The number of hydrogen-bond acceptors (Lipinski definition) is 8. The molecule has 1 aliphatic heterocycles. The number of piperidine rings is 1. The molecule has 1 aliphatic rings. The van der Waals surface area contributed by atoms with E-state index in [0.29, 0.717) is 18.8 Å². The van der Waals surface area contributed by atoms with Crippen molar-refractivity contribution in [2.24, 2.45) is 5.92 Å².